The molecule has 0 fully saturated rings. The summed E-state index contributed by atoms with van der Waals surface area (Å²) in [4.78, 5) is 10.5. The number of nitrogens with zero attached hydrogens (tertiary/aromatic N) is 1. The number of aliphatic hydroxyl groups is 1. The van der Waals surface area contributed by atoms with E-state index in [1.807, 2.05) is 31.2 Å². The summed E-state index contributed by atoms with van der Waals surface area (Å²) in [6.07, 6.45) is 0.815. The summed E-state index contributed by atoms with van der Waals surface area (Å²) in [7, 11) is 0. The first-order chi connectivity index (χ1) is 14.0. The van der Waals surface area contributed by atoms with Crippen LogP contribution in [0.15, 0.2) is 72.8 Å². The molecule has 0 heterocycles. The molecule has 3 rings (SSSR count). The number of benzene rings is 3. The van der Waals surface area contributed by atoms with Crippen molar-refractivity contribution in [3.63, 3.8) is 0 Å². The van der Waals surface area contributed by atoms with Crippen LogP contribution in [-0.2, 0) is 6.42 Å². The molecule has 2 atom stereocenters. The lowest BCUT2D eigenvalue weighted by Gasteiger charge is -2.24. The SMILES string of the molecule is CCc1ccc(C(CC(O)c2ccc(C)cc2)Nc2ccc([N+](=O)[O-])cc2)cc1. The van der Waals surface area contributed by atoms with Gasteiger partial charge in [0.1, 0.15) is 0 Å². The van der Waals surface area contributed by atoms with E-state index in [1.54, 1.807) is 12.1 Å². The maximum atomic E-state index is 10.9. The summed E-state index contributed by atoms with van der Waals surface area (Å²) in [6, 6.07) is 22.4. The number of non-ortho nitro benzene ring substituents is 1. The molecule has 29 heavy (non-hydrogen) atoms. The minimum atomic E-state index is -0.628. The Bertz CT molecular complexity index is 935. The Labute approximate surface area is 171 Å². The van der Waals surface area contributed by atoms with Crippen LogP contribution in [0.1, 0.15) is 47.7 Å². The Hall–Kier alpha value is -3.18. The standard InChI is InChI=1S/C24H26N2O3/c1-3-18-6-10-19(11-7-18)23(16-24(27)20-8-4-17(2)5-9-20)25-21-12-14-22(15-13-21)26(28)29/h4-15,23-25,27H,3,16H2,1-2H3. The number of aryl methyl sites for hydroxylation is 2. The van der Waals surface area contributed by atoms with Gasteiger partial charge in [-0.05, 0) is 42.2 Å². The van der Waals surface area contributed by atoms with Gasteiger partial charge < -0.3 is 10.4 Å². The van der Waals surface area contributed by atoms with Crippen molar-refractivity contribution in [1.82, 2.24) is 0 Å². The number of hydrogen-bond donors (Lipinski definition) is 2. The van der Waals surface area contributed by atoms with Crippen LogP contribution in [0.25, 0.3) is 0 Å². The summed E-state index contributed by atoms with van der Waals surface area (Å²) in [5.74, 6) is 0. The second-order valence-electron chi connectivity index (χ2n) is 7.26. The van der Waals surface area contributed by atoms with Crippen LogP contribution in [0, 0.1) is 17.0 Å². The lowest BCUT2D eigenvalue weighted by atomic mass is 9.95. The van der Waals surface area contributed by atoms with Crippen molar-refractivity contribution in [2.24, 2.45) is 0 Å². The van der Waals surface area contributed by atoms with Crippen LogP contribution in [0.4, 0.5) is 11.4 Å². The van der Waals surface area contributed by atoms with Crippen molar-refractivity contribution in [2.45, 2.75) is 38.8 Å². The zero-order valence-electron chi connectivity index (χ0n) is 16.7. The van der Waals surface area contributed by atoms with Crippen molar-refractivity contribution < 1.29 is 10.0 Å². The molecule has 0 bridgehead atoms. The predicted molar refractivity (Wildman–Crippen MR) is 116 cm³/mol. The molecule has 0 spiro atoms. The molecule has 2 N–H and O–H groups in total. The van der Waals surface area contributed by atoms with E-state index < -0.39 is 11.0 Å². The summed E-state index contributed by atoms with van der Waals surface area (Å²) in [6.45, 7) is 4.13. The van der Waals surface area contributed by atoms with Crippen LogP contribution < -0.4 is 5.32 Å². The topological polar surface area (TPSA) is 75.4 Å². The van der Waals surface area contributed by atoms with Gasteiger partial charge in [-0.3, -0.25) is 10.1 Å². The van der Waals surface area contributed by atoms with E-state index in [-0.39, 0.29) is 11.7 Å². The van der Waals surface area contributed by atoms with Gasteiger partial charge in [-0.15, -0.1) is 0 Å². The van der Waals surface area contributed by atoms with Crippen molar-refractivity contribution in [3.05, 3.63) is 105 Å². The van der Waals surface area contributed by atoms with Crippen molar-refractivity contribution in [2.75, 3.05) is 5.32 Å². The number of nitro groups is 1. The van der Waals surface area contributed by atoms with Crippen LogP contribution in [-0.4, -0.2) is 10.0 Å². The van der Waals surface area contributed by atoms with E-state index in [4.69, 9.17) is 0 Å². The third kappa shape index (κ3) is 5.42. The molecule has 3 aromatic carbocycles. The highest BCUT2D eigenvalue weighted by Crippen LogP contribution is 2.30. The fraction of sp³-hybridized carbons (Fsp3) is 0.250. The number of hydrogen-bond acceptors (Lipinski definition) is 4. The van der Waals surface area contributed by atoms with Gasteiger partial charge in [-0.25, -0.2) is 0 Å². The van der Waals surface area contributed by atoms with Gasteiger partial charge in [0.25, 0.3) is 5.69 Å². The van der Waals surface area contributed by atoms with E-state index in [2.05, 4.69) is 36.5 Å². The molecule has 5 nitrogen and oxygen atoms in total. The first-order valence-corrected chi connectivity index (χ1v) is 9.80. The number of nitro benzene ring substituents is 1. The second-order valence-corrected chi connectivity index (χ2v) is 7.26. The van der Waals surface area contributed by atoms with Crippen LogP contribution in [0.3, 0.4) is 0 Å². The van der Waals surface area contributed by atoms with Crippen LogP contribution in [0.5, 0.6) is 0 Å². The van der Waals surface area contributed by atoms with Gasteiger partial charge in [0.15, 0.2) is 0 Å². The van der Waals surface area contributed by atoms with Gasteiger partial charge in [0, 0.05) is 24.2 Å². The maximum Gasteiger partial charge on any atom is 0.269 e. The van der Waals surface area contributed by atoms with E-state index in [0.29, 0.717) is 6.42 Å². The molecule has 3 aromatic rings. The van der Waals surface area contributed by atoms with E-state index in [1.165, 1.54) is 17.7 Å². The maximum absolute atomic E-state index is 10.9. The van der Waals surface area contributed by atoms with E-state index in [9.17, 15) is 15.2 Å². The zero-order chi connectivity index (χ0) is 20.8. The molecular weight excluding hydrogens is 364 g/mol. The molecule has 0 aliphatic heterocycles. The Kier molecular flexibility index (Phi) is 6.62. The minimum Gasteiger partial charge on any atom is -0.388 e. The highest BCUT2D eigenvalue weighted by atomic mass is 16.6. The molecule has 5 heteroatoms. The van der Waals surface area contributed by atoms with Crippen molar-refractivity contribution in [1.29, 1.82) is 0 Å². The predicted octanol–water partition coefficient (Wildman–Crippen LogP) is 5.74. The smallest absolute Gasteiger partial charge is 0.269 e. The Balaban J connectivity index is 1.83. The molecule has 0 radical (unpaired) electrons. The normalized spacial score (nSPS) is 12.9. The second kappa shape index (κ2) is 9.34. The molecule has 150 valence electrons. The largest absolute Gasteiger partial charge is 0.388 e. The molecule has 2 unspecified atom stereocenters. The van der Waals surface area contributed by atoms with Gasteiger partial charge in [0.2, 0.25) is 0 Å². The molecule has 0 aliphatic carbocycles. The lowest BCUT2D eigenvalue weighted by molar-refractivity contribution is -0.384. The van der Waals surface area contributed by atoms with Gasteiger partial charge in [0.05, 0.1) is 17.1 Å². The first-order valence-electron chi connectivity index (χ1n) is 9.80. The third-order valence-electron chi connectivity index (χ3n) is 5.13. The number of nitrogens with one attached hydrogen (secondary N) is 1. The monoisotopic (exact) mass is 390 g/mol. The lowest BCUT2D eigenvalue weighted by Crippen LogP contribution is -2.15. The van der Waals surface area contributed by atoms with E-state index >= 15 is 0 Å². The van der Waals surface area contributed by atoms with Crippen molar-refractivity contribution >= 4 is 11.4 Å². The summed E-state index contributed by atoms with van der Waals surface area (Å²) in [5, 5.41) is 25.1. The number of anilines is 1. The minimum absolute atomic E-state index is 0.0547. The fourth-order valence-electron chi connectivity index (χ4n) is 3.29. The van der Waals surface area contributed by atoms with Crippen LogP contribution in [0.2, 0.25) is 0 Å². The number of rotatable bonds is 8. The average Bonchev–Trinajstić information content (AvgIpc) is 2.74. The van der Waals surface area contributed by atoms with Gasteiger partial charge in [-0.1, -0.05) is 61.0 Å². The molecule has 0 saturated heterocycles. The van der Waals surface area contributed by atoms with Crippen LogP contribution >= 0.6 is 0 Å². The Morgan fingerprint density at radius 1 is 0.931 bits per heavy atom. The molecular formula is C24H26N2O3. The molecule has 0 amide bonds. The Morgan fingerprint density at radius 2 is 1.52 bits per heavy atom. The summed E-state index contributed by atoms with van der Waals surface area (Å²) < 4.78 is 0. The van der Waals surface area contributed by atoms with Gasteiger partial charge in [-0.2, -0.15) is 0 Å². The summed E-state index contributed by atoms with van der Waals surface area (Å²) >= 11 is 0. The Morgan fingerprint density at radius 3 is 2.07 bits per heavy atom. The molecule has 0 aliphatic rings. The quantitative estimate of drug-likeness (QED) is 0.380. The summed E-state index contributed by atoms with van der Waals surface area (Å²) in [5.41, 5.74) is 5.16. The third-order valence-corrected chi connectivity index (χ3v) is 5.13. The van der Waals surface area contributed by atoms with E-state index in [0.717, 1.165) is 28.8 Å². The average molecular weight is 390 g/mol. The first kappa shape index (κ1) is 20.6. The number of aliphatic hydroxyl groups excluding tert-OH is 1. The molecule has 0 saturated carbocycles. The highest BCUT2D eigenvalue weighted by molar-refractivity contribution is 5.50. The zero-order valence-corrected chi connectivity index (χ0v) is 16.7. The fourth-order valence-corrected chi connectivity index (χ4v) is 3.29. The van der Waals surface area contributed by atoms with Crippen molar-refractivity contribution in [3.8, 4) is 0 Å². The highest BCUT2D eigenvalue weighted by Gasteiger charge is 2.18. The molecule has 0 aromatic heterocycles. The van der Waals surface area contributed by atoms with Gasteiger partial charge >= 0.3 is 0 Å².